The number of nitrogens with one attached hydrogen (secondary N) is 16. The summed E-state index contributed by atoms with van der Waals surface area (Å²) in [6.45, 7) is -0.920. The number of para-hydroxylation sites is 1. The number of rotatable bonds is 23. The molecule has 2 aliphatic heterocycles. The quantitative estimate of drug-likeness (QED) is 0.0110. The average Bonchev–Trinajstić information content (AvgIpc) is 1.61. The maximum atomic E-state index is 14.7. The van der Waals surface area contributed by atoms with Crippen LogP contribution in [-0.2, 0) is 73.5 Å². The second-order valence-corrected chi connectivity index (χ2v) is 26.5. The van der Waals surface area contributed by atoms with E-state index in [2.05, 4.69) is 99.4 Å². The van der Waals surface area contributed by atoms with E-state index in [1.807, 2.05) is 48.5 Å². The van der Waals surface area contributed by atoms with Crippen LogP contribution in [0.5, 0.6) is 0 Å². The minimum atomic E-state index is -2.02. The fraction of sp³-hybridized carbons (Fsp3) is 0.449. The van der Waals surface area contributed by atoms with E-state index in [4.69, 9.17) is 32.8 Å². The molecule has 4 aromatic rings. The third-order valence-corrected chi connectivity index (χ3v) is 18.6. The van der Waals surface area contributed by atoms with E-state index in [1.54, 1.807) is 30.3 Å². The number of aliphatic hydroxyl groups is 1. The maximum Gasteiger partial charge on any atom is 0.407 e. The van der Waals surface area contributed by atoms with E-state index in [1.165, 1.54) is 19.1 Å². The molecule has 13 amide bonds. The predicted octanol–water partition coefficient (Wildman–Crippen LogP) is -4.20. The zero-order chi connectivity index (χ0) is 78.7. The van der Waals surface area contributed by atoms with E-state index in [0.717, 1.165) is 32.5 Å². The first-order valence-electron chi connectivity index (χ1n) is 34.7. The van der Waals surface area contributed by atoms with Crippen molar-refractivity contribution in [2.45, 2.75) is 144 Å². The van der Waals surface area contributed by atoms with Crippen LogP contribution in [-0.4, -0.2) is 232 Å². The Kier molecular flexibility index (Phi) is 31.7. The number of ether oxygens (including phenoxy) is 1. The molecule has 11 atom stereocenters. The van der Waals surface area contributed by atoms with Crippen molar-refractivity contribution >= 4 is 131 Å². The van der Waals surface area contributed by atoms with E-state index in [-0.39, 0.29) is 77.1 Å². The van der Waals surface area contributed by atoms with Crippen LogP contribution >= 0.6 is 25.3 Å². The van der Waals surface area contributed by atoms with Gasteiger partial charge in [0.05, 0.1) is 13.0 Å². The number of hydrogen-bond donors (Lipinski definition) is 23. The Morgan fingerprint density at radius 1 is 0.648 bits per heavy atom. The number of hydrogen-bond acceptors (Lipinski definition) is 20. The number of alkyl carbamates (subject to hydrolysis) is 1. The molecular weight excluding hydrogens is 1450 g/mol. The minimum Gasteiger partial charge on any atom is -0.481 e. The summed E-state index contributed by atoms with van der Waals surface area (Å²) in [5.74, 6) is -16.1. The Bertz CT molecular complexity index is 3950. The summed E-state index contributed by atoms with van der Waals surface area (Å²) in [4.78, 5) is 200. The lowest BCUT2D eigenvalue weighted by Crippen LogP contribution is -2.61. The molecule has 0 bridgehead atoms. The normalized spacial score (nSPS) is 23.0. The van der Waals surface area contributed by atoms with Gasteiger partial charge in [-0.05, 0) is 98.1 Å². The molecule has 0 spiro atoms. The van der Waals surface area contributed by atoms with Crippen molar-refractivity contribution in [2.24, 2.45) is 17.2 Å². The first-order chi connectivity index (χ1) is 51.6. The maximum absolute atomic E-state index is 14.7. The van der Waals surface area contributed by atoms with Crippen molar-refractivity contribution in [1.82, 2.24) is 79.0 Å². The third-order valence-electron chi connectivity index (χ3n) is 17.9. The molecule has 24 N–H and O–H groups in total. The molecule has 1 unspecified atom stereocenters. The Labute approximate surface area is 630 Å². The molecule has 108 heavy (non-hydrogen) atoms. The summed E-state index contributed by atoms with van der Waals surface area (Å²) in [6.07, 6.45) is -0.994. The number of H-pyrrole nitrogens is 1. The van der Waals surface area contributed by atoms with Gasteiger partial charge < -0.3 is 111 Å². The Hall–Kier alpha value is -11.5. The lowest BCUT2D eigenvalue weighted by atomic mass is 9.98. The van der Waals surface area contributed by atoms with Gasteiger partial charge in [0.1, 0.15) is 79.6 Å². The molecule has 1 aliphatic carbocycles. The lowest BCUT2D eigenvalue weighted by molar-refractivity contribution is -0.146. The van der Waals surface area contributed by atoms with Crippen LogP contribution in [0.15, 0.2) is 91.0 Å². The molecule has 3 heterocycles. The number of thiol groups is 2. The van der Waals surface area contributed by atoms with Gasteiger partial charge in [0, 0.05) is 54.7 Å². The number of aliphatic carboxylic acids is 1. The Morgan fingerprint density at radius 3 is 1.80 bits per heavy atom. The van der Waals surface area contributed by atoms with Crippen molar-refractivity contribution < 1.29 is 82.1 Å². The molecular formula is C69H92N20O17S2. The van der Waals surface area contributed by atoms with E-state index < -0.39 is 205 Å². The topological polar surface area (TPSA) is 590 Å². The number of carboxylic acid groups (broad SMARTS) is 1. The predicted molar refractivity (Wildman–Crippen MR) is 398 cm³/mol. The third kappa shape index (κ3) is 24.3. The van der Waals surface area contributed by atoms with Crippen LogP contribution in [0.2, 0.25) is 0 Å². The number of benzene rings is 3. The highest BCUT2D eigenvalue weighted by Gasteiger charge is 2.42. The van der Waals surface area contributed by atoms with Crippen LogP contribution in [0.4, 0.5) is 4.79 Å². The van der Waals surface area contributed by atoms with Crippen molar-refractivity contribution in [3.63, 3.8) is 0 Å². The number of carbonyl (C=O) groups excluding carboxylic acids is 13. The molecule has 39 heteroatoms. The highest BCUT2D eigenvalue weighted by molar-refractivity contribution is 7.80. The molecule has 3 aromatic carbocycles. The number of nitrogens with zero attached hydrogens (tertiary/aromatic N) is 1. The highest BCUT2D eigenvalue weighted by Crippen LogP contribution is 2.44. The van der Waals surface area contributed by atoms with Crippen LogP contribution in [0.25, 0.3) is 22.0 Å². The second-order valence-electron chi connectivity index (χ2n) is 25.8. The first-order valence-corrected chi connectivity index (χ1v) is 36.0. The number of amides is 13. The zero-order valence-corrected chi connectivity index (χ0v) is 60.7. The number of aliphatic hydroxyl groups excluding tert-OH is 1. The molecule has 7 rings (SSSR count). The summed E-state index contributed by atoms with van der Waals surface area (Å²) in [6, 6.07) is 6.16. The van der Waals surface area contributed by atoms with Gasteiger partial charge in [0.2, 0.25) is 70.9 Å². The van der Waals surface area contributed by atoms with Crippen LogP contribution in [0, 0.1) is 10.8 Å². The molecule has 0 saturated carbocycles. The van der Waals surface area contributed by atoms with Crippen molar-refractivity contribution in [3.8, 4) is 11.1 Å². The number of guanidine groups is 2. The van der Waals surface area contributed by atoms with Gasteiger partial charge in [-0.15, -0.1) is 0 Å². The number of fused-ring (bicyclic) bond motifs is 5. The summed E-state index contributed by atoms with van der Waals surface area (Å²) in [5, 5.41) is 68.9. The molecule has 1 saturated heterocycles. The molecule has 1 fully saturated rings. The van der Waals surface area contributed by atoms with Crippen LogP contribution in [0.1, 0.15) is 87.4 Å². The van der Waals surface area contributed by atoms with E-state index in [9.17, 15) is 77.3 Å². The molecule has 3 aliphatic rings. The summed E-state index contributed by atoms with van der Waals surface area (Å²) < 4.78 is 5.54. The van der Waals surface area contributed by atoms with Gasteiger partial charge >= 0.3 is 12.1 Å². The van der Waals surface area contributed by atoms with Crippen molar-refractivity contribution in [2.75, 3.05) is 50.9 Å². The van der Waals surface area contributed by atoms with Crippen molar-refractivity contribution in [3.05, 3.63) is 108 Å². The summed E-state index contributed by atoms with van der Waals surface area (Å²) in [5.41, 5.74) is 21.7. The van der Waals surface area contributed by atoms with Gasteiger partial charge in [0.25, 0.3) is 0 Å². The first kappa shape index (κ1) is 83.8. The zero-order valence-electron chi connectivity index (χ0n) is 58.9. The van der Waals surface area contributed by atoms with Gasteiger partial charge in [-0.2, -0.15) is 25.3 Å². The highest BCUT2D eigenvalue weighted by atomic mass is 32.1. The lowest BCUT2D eigenvalue weighted by Gasteiger charge is -2.30. The number of aromatic nitrogens is 1. The molecule has 582 valence electrons. The Balaban J connectivity index is 1.18. The van der Waals surface area contributed by atoms with E-state index >= 15 is 0 Å². The SMILES string of the molecule is C[C@@H]1NC(=O)[C@H](CS)NC(=O)[C@H](CCCNC(=N)N)NC(=O)C2CCCN2C(=O)[C@H](CC(=O)O)NC(=O)[C@H](CO)NC(=O)[C@@H](NC(=O)[C@H](CS)NC(=O)CNC(=O)OCC2c3ccccc3-c3ccccc32)C/C=C/C[C@@H](C(N)=O)NC(=O)[C@H](CCCNC(=N)N)NC(=O)[C@H](Cc2cc3ccccc3[nH]2)NC1=O. The fourth-order valence-corrected chi connectivity index (χ4v) is 12.8. The number of primary amides is 1. The fourth-order valence-electron chi connectivity index (χ4n) is 12.3. The largest absolute Gasteiger partial charge is 0.481 e. The monoisotopic (exact) mass is 1540 g/mol. The van der Waals surface area contributed by atoms with Gasteiger partial charge in [-0.25, -0.2) is 4.79 Å². The van der Waals surface area contributed by atoms with Crippen LogP contribution in [0.3, 0.4) is 0 Å². The minimum absolute atomic E-state index is 0.00609. The standard InChI is InChI=1S/C69H92N20O17S2/c1-35-57(95)85-48(28-37-27-36-13-2-7-18-43(36)79-37)61(99)82-46(21-10-24-75-67(71)72)58(96)81-44(56(70)94)19-8-9-20-45(83-64(102)51(33-107)80-54(91)30-77-69(105)106-32-42-40-16-5-3-14-38(40)39-15-4-6-17-41(39)42)59(97)87-50(31-90)62(100)86-49(29-55(92)93)66(104)89-26-12-23-53(89)65(103)84-47(22-11-25-76-68(73)74)60(98)88-52(34-108)63(101)78-35/h2-9,13-18,27,35,42,44-53,79,90,107-108H,10-12,19-26,28-34H2,1H3,(H2,70,94)(H,77,105)(H,78,101)(H,80,91)(H,81,96)(H,82,99)(H,83,102)(H,84,103)(H,85,95)(H,86,100)(H,87,97)(H,88,98)(H,92,93)(H4,71,72,75)(H4,73,74,76)/b9-8+/t35-,44-,45-,46-,47-,48-,49-,50-,51-,52-,53?/m0/s1. The Morgan fingerprint density at radius 2 is 1.19 bits per heavy atom. The number of carboxylic acids is 1. The van der Waals surface area contributed by atoms with Gasteiger partial charge in [0.15, 0.2) is 11.9 Å². The van der Waals surface area contributed by atoms with Crippen LogP contribution < -0.4 is 86.3 Å². The van der Waals surface area contributed by atoms with E-state index in [0.29, 0.717) is 11.2 Å². The summed E-state index contributed by atoms with van der Waals surface area (Å²) >= 11 is 8.52. The second kappa shape index (κ2) is 40.9. The van der Waals surface area contributed by atoms with Gasteiger partial charge in [-0.3, -0.25) is 73.1 Å². The summed E-state index contributed by atoms with van der Waals surface area (Å²) in [7, 11) is 0. The number of carbonyl (C=O) groups is 14. The van der Waals surface area contributed by atoms with Crippen molar-refractivity contribution in [1.29, 1.82) is 10.8 Å². The molecule has 0 radical (unpaired) electrons. The molecule has 37 nitrogen and oxygen atoms in total. The van der Waals surface area contributed by atoms with Gasteiger partial charge in [-0.1, -0.05) is 78.9 Å². The number of aromatic amines is 1. The number of nitrogens with two attached hydrogens (primary N) is 3. The smallest absolute Gasteiger partial charge is 0.407 e. The average molecular weight is 1540 g/mol. The molecule has 1 aromatic heterocycles.